The summed E-state index contributed by atoms with van der Waals surface area (Å²) in [6.45, 7) is 6.48. The molecule has 0 aliphatic heterocycles. The molecule has 5 nitrogen and oxygen atoms in total. The maximum atomic E-state index is 15.1. The van der Waals surface area contributed by atoms with Crippen molar-refractivity contribution >= 4 is 17.8 Å². The number of halogens is 2. The first-order valence-corrected chi connectivity index (χ1v) is 12.0. The smallest absolute Gasteiger partial charge is 0.252 e. The third-order valence-electron chi connectivity index (χ3n) is 6.50. The van der Waals surface area contributed by atoms with Crippen LogP contribution in [0.15, 0.2) is 54.7 Å². The van der Waals surface area contributed by atoms with Crippen molar-refractivity contribution in [3.05, 3.63) is 65.9 Å². The van der Waals surface area contributed by atoms with Gasteiger partial charge in [-0.25, -0.2) is 8.78 Å². The van der Waals surface area contributed by atoms with E-state index in [4.69, 9.17) is 4.74 Å². The van der Waals surface area contributed by atoms with E-state index in [9.17, 15) is 10.1 Å². The zero-order valence-corrected chi connectivity index (χ0v) is 25.2. The van der Waals surface area contributed by atoms with Crippen LogP contribution in [-0.2, 0) is 4.79 Å². The molecule has 2 aromatic carbocycles. The molecular formula is C28H32F2N3O2U-. The number of allylic oxidation sites excluding steroid dienone is 1. The molecule has 36 heavy (non-hydrogen) atoms. The van der Waals surface area contributed by atoms with Crippen molar-refractivity contribution in [2.24, 2.45) is 11.8 Å². The number of nitrogens with zero attached hydrogens (tertiary/aromatic N) is 3. The molecule has 1 aliphatic carbocycles. The van der Waals surface area contributed by atoms with Crippen molar-refractivity contribution < 1.29 is 49.4 Å². The van der Waals surface area contributed by atoms with E-state index >= 15 is 8.78 Å². The summed E-state index contributed by atoms with van der Waals surface area (Å²) in [7, 11) is 0. The van der Waals surface area contributed by atoms with Crippen molar-refractivity contribution in [1.82, 2.24) is 0 Å². The second-order valence-electron chi connectivity index (χ2n) is 8.95. The van der Waals surface area contributed by atoms with Crippen LogP contribution in [0.1, 0.15) is 44.2 Å². The fraction of sp³-hybridized carbons (Fsp3) is 0.429. The molecule has 2 aromatic rings. The SMILES string of the molecule is C/C=C\N(CC1CC(CN([C-]=O)c2ccccc2OCC)CCC1(F)F)c1cc(C#N)ccc1C.[U]. The first kappa shape index (κ1) is 29.9. The molecule has 0 N–H and O–H groups in total. The summed E-state index contributed by atoms with van der Waals surface area (Å²) in [4.78, 5) is 15.1. The predicted molar refractivity (Wildman–Crippen MR) is 134 cm³/mol. The van der Waals surface area contributed by atoms with Crippen LogP contribution in [0.25, 0.3) is 0 Å². The Labute approximate surface area is 236 Å². The Morgan fingerprint density at radius 1 is 1.22 bits per heavy atom. The summed E-state index contributed by atoms with van der Waals surface area (Å²) in [5.41, 5.74) is 2.73. The second-order valence-corrected chi connectivity index (χ2v) is 8.95. The van der Waals surface area contributed by atoms with E-state index in [0.29, 0.717) is 36.6 Å². The molecule has 1 amide bonds. The molecule has 1 aliphatic rings. The number of hydrogen-bond donors (Lipinski definition) is 0. The molecule has 1 saturated carbocycles. The first-order valence-electron chi connectivity index (χ1n) is 12.0. The third-order valence-corrected chi connectivity index (χ3v) is 6.50. The number of para-hydroxylation sites is 2. The fourth-order valence-electron chi connectivity index (χ4n) is 4.71. The van der Waals surface area contributed by atoms with Gasteiger partial charge in [0.2, 0.25) is 0 Å². The average molecular weight is 719 g/mol. The van der Waals surface area contributed by atoms with Gasteiger partial charge in [0.25, 0.3) is 5.92 Å². The van der Waals surface area contributed by atoms with Crippen LogP contribution in [0.3, 0.4) is 0 Å². The number of amides is 1. The topological polar surface area (TPSA) is 56.6 Å². The molecule has 0 aromatic heterocycles. The van der Waals surface area contributed by atoms with Gasteiger partial charge in [0.05, 0.1) is 30.4 Å². The number of nitriles is 1. The predicted octanol–water partition coefficient (Wildman–Crippen LogP) is 6.23. The maximum Gasteiger partial charge on any atom is 0.252 e. The number of hydrogen-bond acceptors (Lipinski definition) is 4. The Kier molecular flexibility index (Phi) is 11.5. The number of ether oxygens (including phenoxy) is 1. The van der Waals surface area contributed by atoms with E-state index in [0.717, 1.165) is 11.3 Å². The number of anilines is 2. The minimum atomic E-state index is -2.82. The zero-order chi connectivity index (χ0) is 25.4. The quantitative estimate of drug-likeness (QED) is 0.216. The number of rotatable bonds is 10. The van der Waals surface area contributed by atoms with Crippen LogP contribution in [0.5, 0.6) is 5.75 Å². The monoisotopic (exact) mass is 718 g/mol. The molecule has 2 atom stereocenters. The Morgan fingerprint density at radius 2 is 1.97 bits per heavy atom. The molecule has 0 spiro atoms. The molecule has 3 rings (SSSR count). The summed E-state index contributed by atoms with van der Waals surface area (Å²) in [5.74, 6) is -3.26. The van der Waals surface area contributed by atoms with Crippen LogP contribution in [0, 0.1) is 61.2 Å². The van der Waals surface area contributed by atoms with Gasteiger partial charge < -0.3 is 19.3 Å². The van der Waals surface area contributed by atoms with Crippen LogP contribution in [0.4, 0.5) is 20.2 Å². The van der Waals surface area contributed by atoms with Crippen molar-refractivity contribution in [2.45, 2.75) is 46.0 Å². The Balaban J connectivity index is 0.00000456. The van der Waals surface area contributed by atoms with Gasteiger partial charge in [0.1, 0.15) is 0 Å². The van der Waals surface area contributed by atoms with Gasteiger partial charge >= 0.3 is 0 Å². The van der Waals surface area contributed by atoms with E-state index < -0.39 is 11.8 Å². The van der Waals surface area contributed by atoms with Gasteiger partial charge in [-0.15, -0.1) is 6.07 Å². The number of alkyl halides is 2. The first-order chi connectivity index (χ1) is 16.8. The van der Waals surface area contributed by atoms with Crippen molar-refractivity contribution in [3.63, 3.8) is 0 Å². The van der Waals surface area contributed by atoms with E-state index in [1.54, 1.807) is 30.5 Å². The largest absolute Gasteiger partial charge is 0.511 e. The van der Waals surface area contributed by atoms with E-state index in [-0.39, 0.29) is 56.4 Å². The van der Waals surface area contributed by atoms with Gasteiger partial charge in [0, 0.05) is 55.7 Å². The molecule has 0 heterocycles. The van der Waals surface area contributed by atoms with Crippen molar-refractivity contribution in [2.75, 3.05) is 29.5 Å². The van der Waals surface area contributed by atoms with Crippen molar-refractivity contribution in [3.8, 4) is 11.8 Å². The summed E-state index contributed by atoms with van der Waals surface area (Å²) in [6, 6.07) is 14.6. The van der Waals surface area contributed by atoms with E-state index in [2.05, 4.69) is 6.07 Å². The normalized spacial score (nSPS) is 18.7. The van der Waals surface area contributed by atoms with Gasteiger partial charge in [-0.2, -0.15) is 5.26 Å². The van der Waals surface area contributed by atoms with Crippen LogP contribution >= 0.6 is 0 Å². The van der Waals surface area contributed by atoms with Crippen LogP contribution in [0.2, 0.25) is 0 Å². The molecule has 0 saturated heterocycles. The number of carbonyl (C=O) groups excluding carboxylic acids is 1. The average Bonchev–Trinajstić information content (AvgIpc) is 2.85. The summed E-state index contributed by atoms with van der Waals surface area (Å²) >= 11 is 0. The summed E-state index contributed by atoms with van der Waals surface area (Å²) < 4.78 is 35.8. The van der Waals surface area contributed by atoms with Gasteiger partial charge in [-0.05, 0) is 76.0 Å². The summed E-state index contributed by atoms with van der Waals surface area (Å²) in [5, 5.41) is 9.31. The van der Waals surface area contributed by atoms with Crippen molar-refractivity contribution in [1.29, 1.82) is 5.26 Å². The Morgan fingerprint density at radius 3 is 2.64 bits per heavy atom. The standard InChI is InChI=1S/C28H32F2N3O2.U/c1-4-14-32(26-16-22(17-31)11-10-21(26)3)19-24-15-23(12-13-28(24,29)30)18-33(20-34)25-8-6-7-9-27(25)35-5-2;/h4,6-11,14,16,23-24H,5,12-13,15,18-19H2,1-3H3;/q-1;/b14-4-;. The van der Waals surface area contributed by atoms with Crippen LogP contribution in [-0.4, -0.2) is 32.0 Å². The number of benzene rings is 2. The van der Waals surface area contributed by atoms with E-state index in [1.807, 2.05) is 56.4 Å². The van der Waals surface area contributed by atoms with E-state index in [1.165, 1.54) is 4.90 Å². The zero-order valence-electron chi connectivity index (χ0n) is 21.0. The molecule has 2 unspecified atom stereocenters. The summed E-state index contributed by atoms with van der Waals surface area (Å²) in [6.07, 6.45) is 5.93. The Bertz CT molecular complexity index is 1090. The number of aryl methyl sites for hydroxylation is 1. The maximum absolute atomic E-state index is 15.1. The van der Waals surface area contributed by atoms with Gasteiger partial charge in [-0.3, -0.25) is 0 Å². The minimum Gasteiger partial charge on any atom is -0.511 e. The molecule has 190 valence electrons. The van der Waals surface area contributed by atoms with Crippen LogP contribution < -0.4 is 14.5 Å². The van der Waals surface area contributed by atoms with Gasteiger partial charge in [-0.1, -0.05) is 30.0 Å². The molecular weight excluding hydrogens is 686 g/mol. The Hall–Kier alpha value is -2.35. The van der Waals surface area contributed by atoms with Gasteiger partial charge in [0.15, 0.2) is 0 Å². The minimum absolute atomic E-state index is 0. The molecule has 0 bridgehead atoms. The molecule has 8 heteroatoms. The third kappa shape index (κ3) is 7.34. The fourth-order valence-corrected chi connectivity index (χ4v) is 4.71. The molecule has 0 radical (unpaired) electrons. The second kappa shape index (κ2) is 13.8. The molecule has 1 fully saturated rings.